The van der Waals surface area contributed by atoms with Crippen LogP contribution >= 0.6 is 0 Å². The zero-order chi connectivity index (χ0) is 22.3. The minimum absolute atomic E-state index is 0.0180. The Morgan fingerprint density at radius 1 is 1.07 bits per heavy atom. The Labute approximate surface area is 179 Å². The van der Waals surface area contributed by atoms with Crippen molar-refractivity contribution in [3.63, 3.8) is 0 Å². The van der Waals surface area contributed by atoms with Crippen LogP contribution in [0, 0.1) is 17.8 Å². The van der Waals surface area contributed by atoms with Crippen molar-refractivity contribution >= 4 is 17.7 Å². The van der Waals surface area contributed by atoms with Gasteiger partial charge >= 0.3 is 0 Å². The summed E-state index contributed by atoms with van der Waals surface area (Å²) >= 11 is 0. The molecule has 0 spiro atoms. The fourth-order valence-electron chi connectivity index (χ4n) is 3.60. The van der Waals surface area contributed by atoms with E-state index in [9.17, 15) is 14.4 Å². The van der Waals surface area contributed by atoms with Crippen LogP contribution in [0.5, 0.6) is 5.75 Å². The summed E-state index contributed by atoms with van der Waals surface area (Å²) in [6, 6.07) is 6.18. The van der Waals surface area contributed by atoms with Gasteiger partial charge in [-0.1, -0.05) is 27.7 Å². The first-order valence-corrected chi connectivity index (χ1v) is 10.7. The molecule has 2 rings (SSSR count). The van der Waals surface area contributed by atoms with E-state index in [4.69, 9.17) is 4.74 Å². The van der Waals surface area contributed by atoms with Gasteiger partial charge in [-0.3, -0.25) is 14.4 Å². The first kappa shape index (κ1) is 23.7. The van der Waals surface area contributed by atoms with Crippen LogP contribution in [0.2, 0.25) is 0 Å². The van der Waals surface area contributed by atoms with Crippen molar-refractivity contribution in [2.24, 2.45) is 17.8 Å². The van der Waals surface area contributed by atoms with Gasteiger partial charge in [0.1, 0.15) is 11.8 Å². The number of hydrogen-bond donors (Lipinski definition) is 2. The lowest BCUT2D eigenvalue weighted by molar-refractivity contribution is -0.136. The predicted octanol–water partition coefficient (Wildman–Crippen LogP) is 2.46. The molecule has 1 aliphatic heterocycles. The van der Waals surface area contributed by atoms with Crippen LogP contribution in [-0.2, 0) is 9.59 Å². The Hall–Kier alpha value is -2.57. The number of nitrogens with zero attached hydrogens (tertiary/aromatic N) is 1. The third-order valence-corrected chi connectivity index (χ3v) is 5.42. The van der Waals surface area contributed by atoms with Crippen molar-refractivity contribution in [2.45, 2.75) is 46.6 Å². The fourth-order valence-corrected chi connectivity index (χ4v) is 3.60. The minimum Gasteiger partial charge on any atom is -0.497 e. The summed E-state index contributed by atoms with van der Waals surface area (Å²) in [5, 5.41) is 5.89. The van der Waals surface area contributed by atoms with Crippen LogP contribution in [0.3, 0.4) is 0 Å². The first-order chi connectivity index (χ1) is 14.2. The third-order valence-electron chi connectivity index (χ3n) is 5.42. The number of carbonyl (C=O) groups is 3. The van der Waals surface area contributed by atoms with Gasteiger partial charge in [-0.2, -0.15) is 0 Å². The number of ether oxygens (including phenoxy) is 1. The number of benzene rings is 1. The number of carbonyl (C=O) groups excluding carboxylic acids is 3. The summed E-state index contributed by atoms with van der Waals surface area (Å²) in [6.45, 7) is 9.61. The molecule has 0 bridgehead atoms. The number of likely N-dealkylation sites (tertiary alicyclic amines) is 1. The first-order valence-electron chi connectivity index (χ1n) is 10.7. The Morgan fingerprint density at radius 3 is 2.17 bits per heavy atom. The van der Waals surface area contributed by atoms with Gasteiger partial charge in [-0.05, 0) is 48.9 Å². The molecule has 166 valence electrons. The molecule has 7 nitrogen and oxygen atoms in total. The molecule has 0 aliphatic carbocycles. The van der Waals surface area contributed by atoms with Crippen LogP contribution in [-0.4, -0.2) is 55.4 Å². The highest BCUT2D eigenvalue weighted by Gasteiger charge is 2.34. The lowest BCUT2D eigenvalue weighted by Crippen LogP contribution is -2.54. The second-order valence-corrected chi connectivity index (χ2v) is 8.64. The maximum Gasteiger partial charge on any atom is 0.251 e. The van der Waals surface area contributed by atoms with Gasteiger partial charge in [0, 0.05) is 31.1 Å². The average molecular weight is 418 g/mol. The number of piperidine rings is 1. The molecule has 1 aromatic carbocycles. The Morgan fingerprint density at radius 2 is 1.67 bits per heavy atom. The molecule has 3 amide bonds. The quantitative estimate of drug-likeness (QED) is 0.680. The minimum atomic E-state index is -0.630. The predicted molar refractivity (Wildman–Crippen MR) is 116 cm³/mol. The van der Waals surface area contributed by atoms with E-state index in [2.05, 4.69) is 10.6 Å². The Kier molecular flexibility index (Phi) is 8.69. The molecule has 30 heavy (non-hydrogen) atoms. The van der Waals surface area contributed by atoms with E-state index >= 15 is 0 Å². The summed E-state index contributed by atoms with van der Waals surface area (Å²) in [5.41, 5.74) is 0.477. The molecule has 1 atom stereocenters. The average Bonchev–Trinajstić information content (AvgIpc) is 2.75. The molecule has 1 unspecified atom stereocenters. The smallest absolute Gasteiger partial charge is 0.251 e. The van der Waals surface area contributed by atoms with Gasteiger partial charge in [0.25, 0.3) is 5.91 Å². The van der Waals surface area contributed by atoms with Gasteiger partial charge in [0.2, 0.25) is 11.8 Å². The maximum absolute atomic E-state index is 12.9. The molecular weight excluding hydrogens is 382 g/mol. The fraction of sp³-hybridized carbons (Fsp3) is 0.609. The van der Waals surface area contributed by atoms with E-state index < -0.39 is 6.04 Å². The molecule has 1 saturated heterocycles. The van der Waals surface area contributed by atoms with Crippen LogP contribution in [0.15, 0.2) is 24.3 Å². The topological polar surface area (TPSA) is 87.7 Å². The second-order valence-electron chi connectivity index (χ2n) is 8.64. The SMILES string of the molecule is COc1ccc(C(=O)NC(C(=O)NCC(C)C)C2CCN(C(=O)C(C)C)CC2)cc1. The zero-order valence-electron chi connectivity index (χ0n) is 18.7. The molecule has 1 fully saturated rings. The van der Waals surface area contributed by atoms with E-state index in [-0.39, 0.29) is 29.6 Å². The van der Waals surface area contributed by atoms with E-state index in [1.165, 1.54) is 0 Å². The van der Waals surface area contributed by atoms with Gasteiger partial charge < -0.3 is 20.3 Å². The summed E-state index contributed by atoms with van der Waals surface area (Å²) in [5.74, 6) is 0.605. The largest absolute Gasteiger partial charge is 0.497 e. The molecule has 0 saturated carbocycles. The van der Waals surface area contributed by atoms with E-state index in [1.54, 1.807) is 31.4 Å². The number of rotatable bonds is 8. The van der Waals surface area contributed by atoms with Crippen molar-refractivity contribution in [1.82, 2.24) is 15.5 Å². The van der Waals surface area contributed by atoms with Crippen LogP contribution in [0.1, 0.15) is 50.9 Å². The summed E-state index contributed by atoms with van der Waals surface area (Å²) in [4.78, 5) is 39.8. The number of hydrogen-bond acceptors (Lipinski definition) is 4. The summed E-state index contributed by atoms with van der Waals surface area (Å²) in [6.07, 6.45) is 1.36. The lowest BCUT2D eigenvalue weighted by atomic mass is 9.88. The van der Waals surface area contributed by atoms with E-state index in [0.29, 0.717) is 49.7 Å². The van der Waals surface area contributed by atoms with E-state index in [0.717, 1.165) is 0 Å². The molecule has 1 aliphatic rings. The normalized spacial score (nSPS) is 15.8. The zero-order valence-corrected chi connectivity index (χ0v) is 18.7. The standard InChI is InChI=1S/C23H35N3O4/c1-15(2)14-24-22(28)20(17-10-12-26(13-11-17)23(29)16(3)4)25-21(27)18-6-8-19(30-5)9-7-18/h6-9,15-17,20H,10-14H2,1-5H3,(H,24,28)(H,25,27). The van der Waals surface area contributed by atoms with Crippen LogP contribution < -0.4 is 15.4 Å². The second kappa shape index (κ2) is 11.0. The lowest BCUT2D eigenvalue weighted by Gasteiger charge is -2.36. The van der Waals surface area contributed by atoms with Crippen molar-refractivity contribution < 1.29 is 19.1 Å². The van der Waals surface area contributed by atoms with Gasteiger partial charge in [-0.15, -0.1) is 0 Å². The molecule has 1 aromatic rings. The Balaban J connectivity index is 2.09. The molecule has 2 N–H and O–H groups in total. The van der Waals surface area contributed by atoms with Crippen molar-refractivity contribution in [2.75, 3.05) is 26.7 Å². The molecular formula is C23H35N3O4. The highest BCUT2D eigenvalue weighted by molar-refractivity contribution is 5.97. The molecule has 0 aromatic heterocycles. The van der Waals surface area contributed by atoms with Crippen LogP contribution in [0.4, 0.5) is 0 Å². The van der Waals surface area contributed by atoms with Crippen LogP contribution in [0.25, 0.3) is 0 Å². The van der Waals surface area contributed by atoms with Crippen molar-refractivity contribution in [3.8, 4) is 5.75 Å². The summed E-state index contributed by atoms with van der Waals surface area (Å²) < 4.78 is 5.14. The Bertz CT molecular complexity index is 722. The maximum atomic E-state index is 12.9. The number of amides is 3. The third kappa shape index (κ3) is 6.47. The van der Waals surface area contributed by atoms with E-state index in [1.807, 2.05) is 32.6 Å². The number of nitrogens with one attached hydrogen (secondary N) is 2. The monoisotopic (exact) mass is 417 g/mol. The van der Waals surface area contributed by atoms with Crippen molar-refractivity contribution in [3.05, 3.63) is 29.8 Å². The van der Waals surface area contributed by atoms with Crippen molar-refractivity contribution in [1.29, 1.82) is 0 Å². The molecule has 1 heterocycles. The highest BCUT2D eigenvalue weighted by atomic mass is 16.5. The van der Waals surface area contributed by atoms with Gasteiger partial charge in [0.05, 0.1) is 7.11 Å². The molecule has 7 heteroatoms. The summed E-state index contributed by atoms with van der Waals surface area (Å²) in [7, 11) is 1.57. The van der Waals surface area contributed by atoms with Gasteiger partial charge in [-0.25, -0.2) is 0 Å². The highest BCUT2D eigenvalue weighted by Crippen LogP contribution is 2.23. The number of methoxy groups -OCH3 is 1. The van der Waals surface area contributed by atoms with Gasteiger partial charge in [0.15, 0.2) is 0 Å². The molecule has 0 radical (unpaired) electrons.